The largest absolute Gasteiger partial charge is 0.352 e. The van der Waals surface area contributed by atoms with Crippen LogP contribution in [0, 0.1) is 13.8 Å². The van der Waals surface area contributed by atoms with Crippen LogP contribution in [-0.2, 0) is 17.8 Å². The van der Waals surface area contributed by atoms with Crippen LogP contribution in [0.1, 0.15) is 59.4 Å². The predicted molar refractivity (Wildman–Crippen MR) is 131 cm³/mol. The van der Waals surface area contributed by atoms with Gasteiger partial charge in [-0.15, -0.1) is 0 Å². The van der Waals surface area contributed by atoms with Gasteiger partial charge in [-0.3, -0.25) is 9.59 Å². The fourth-order valence-electron chi connectivity index (χ4n) is 4.66. The molecule has 1 N–H and O–H groups in total. The number of nitrogens with one attached hydrogen (secondary N) is 1. The van der Waals surface area contributed by atoms with Crippen molar-refractivity contribution in [1.82, 2.24) is 19.8 Å². The van der Waals surface area contributed by atoms with Crippen LogP contribution in [0.2, 0.25) is 0 Å². The number of hydrogen-bond acceptors (Lipinski definition) is 3. The zero-order valence-electron chi connectivity index (χ0n) is 19.8. The highest BCUT2D eigenvalue weighted by atomic mass is 16.2. The van der Waals surface area contributed by atoms with Crippen molar-refractivity contribution in [2.75, 3.05) is 19.6 Å². The van der Waals surface area contributed by atoms with E-state index in [0.717, 1.165) is 65.9 Å². The SMILES string of the molecule is Cc1ccc(C(=O)NCCCc2nc3ccccc3n2CC(=O)N2CCCCCC2)c(C)c1. The third-order valence-corrected chi connectivity index (χ3v) is 6.48. The Hall–Kier alpha value is -3.15. The normalized spacial score (nSPS) is 14.3. The van der Waals surface area contributed by atoms with Gasteiger partial charge in [-0.25, -0.2) is 4.98 Å². The maximum atomic E-state index is 13.1. The van der Waals surface area contributed by atoms with Crippen molar-refractivity contribution < 1.29 is 9.59 Å². The Morgan fingerprint density at radius 3 is 2.52 bits per heavy atom. The number of nitrogens with zero attached hydrogens (tertiary/aromatic N) is 3. The summed E-state index contributed by atoms with van der Waals surface area (Å²) in [5.74, 6) is 1.03. The average molecular weight is 447 g/mol. The van der Waals surface area contributed by atoms with Gasteiger partial charge in [0.25, 0.3) is 5.91 Å². The Bertz CT molecular complexity index is 1130. The first-order valence-electron chi connectivity index (χ1n) is 12.1. The first-order chi connectivity index (χ1) is 16.0. The molecule has 0 saturated carbocycles. The van der Waals surface area contributed by atoms with Crippen molar-refractivity contribution in [2.45, 2.75) is 58.9 Å². The Morgan fingerprint density at radius 1 is 1.00 bits per heavy atom. The van der Waals surface area contributed by atoms with Gasteiger partial charge in [0.05, 0.1) is 11.0 Å². The first kappa shape index (κ1) is 23.0. The van der Waals surface area contributed by atoms with E-state index in [2.05, 4.69) is 9.88 Å². The summed E-state index contributed by atoms with van der Waals surface area (Å²) in [7, 11) is 0. The van der Waals surface area contributed by atoms with E-state index in [1.165, 1.54) is 12.8 Å². The molecule has 4 rings (SSSR count). The van der Waals surface area contributed by atoms with Gasteiger partial charge in [0, 0.05) is 31.6 Å². The van der Waals surface area contributed by atoms with Crippen LogP contribution in [-0.4, -0.2) is 45.9 Å². The molecule has 0 atom stereocenters. The number of likely N-dealkylation sites (tertiary alicyclic amines) is 1. The van der Waals surface area contributed by atoms with E-state index in [4.69, 9.17) is 4.98 Å². The number of para-hydroxylation sites is 2. The van der Waals surface area contributed by atoms with Gasteiger partial charge in [0.2, 0.25) is 5.91 Å². The van der Waals surface area contributed by atoms with Crippen molar-refractivity contribution in [3.8, 4) is 0 Å². The second-order valence-corrected chi connectivity index (χ2v) is 9.08. The molecule has 6 nitrogen and oxygen atoms in total. The number of carbonyl (C=O) groups excluding carboxylic acids is 2. The smallest absolute Gasteiger partial charge is 0.251 e. The number of carbonyl (C=O) groups is 2. The molecule has 2 aromatic carbocycles. The average Bonchev–Trinajstić information content (AvgIpc) is 2.96. The fraction of sp³-hybridized carbons (Fsp3) is 0.444. The van der Waals surface area contributed by atoms with E-state index in [1.807, 2.05) is 61.2 Å². The van der Waals surface area contributed by atoms with Crippen molar-refractivity contribution in [3.05, 3.63) is 65.0 Å². The second kappa shape index (κ2) is 10.6. The second-order valence-electron chi connectivity index (χ2n) is 9.08. The van der Waals surface area contributed by atoms with Gasteiger partial charge in [-0.05, 0) is 56.9 Å². The lowest BCUT2D eigenvalue weighted by Gasteiger charge is -2.21. The van der Waals surface area contributed by atoms with Crippen molar-refractivity contribution >= 4 is 22.8 Å². The summed E-state index contributed by atoms with van der Waals surface area (Å²) in [5.41, 5.74) is 4.76. The van der Waals surface area contributed by atoms with E-state index in [0.29, 0.717) is 19.5 Å². The molecule has 0 bridgehead atoms. The minimum atomic E-state index is -0.0441. The Kier molecular flexibility index (Phi) is 7.43. The molecule has 3 aromatic rings. The standard InChI is InChI=1S/C27H34N4O2/c1-20-13-14-22(21(2)18-20)27(33)28-15-9-12-25-29-23-10-5-6-11-24(23)31(25)19-26(32)30-16-7-3-4-8-17-30/h5-6,10-11,13-14,18H,3-4,7-9,12,15-17,19H2,1-2H3,(H,28,33). The van der Waals surface area contributed by atoms with Crippen LogP contribution in [0.3, 0.4) is 0 Å². The topological polar surface area (TPSA) is 67.2 Å². The number of imidazole rings is 1. The van der Waals surface area contributed by atoms with Crippen LogP contribution in [0.5, 0.6) is 0 Å². The molecule has 1 fully saturated rings. The molecule has 0 unspecified atom stereocenters. The molecule has 0 radical (unpaired) electrons. The minimum Gasteiger partial charge on any atom is -0.352 e. The number of hydrogen-bond donors (Lipinski definition) is 1. The van der Waals surface area contributed by atoms with E-state index in [-0.39, 0.29) is 11.8 Å². The number of benzene rings is 2. The highest BCUT2D eigenvalue weighted by molar-refractivity contribution is 5.95. The molecule has 1 saturated heterocycles. The van der Waals surface area contributed by atoms with Gasteiger partial charge in [0.15, 0.2) is 0 Å². The summed E-state index contributed by atoms with van der Waals surface area (Å²) in [5, 5.41) is 3.03. The number of rotatable bonds is 7. The lowest BCUT2D eigenvalue weighted by atomic mass is 10.1. The highest BCUT2D eigenvalue weighted by Crippen LogP contribution is 2.19. The van der Waals surface area contributed by atoms with E-state index in [1.54, 1.807) is 0 Å². The molecule has 33 heavy (non-hydrogen) atoms. The summed E-state index contributed by atoms with van der Waals surface area (Å²) in [6, 6.07) is 13.9. The van der Waals surface area contributed by atoms with Gasteiger partial charge in [-0.2, -0.15) is 0 Å². The monoisotopic (exact) mass is 446 g/mol. The molecule has 6 heteroatoms. The summed E-state index contributed by atoms with van der Waals surface area (Å²) >= 11 is 0. The van der Waals surface area contributed by atoms with Gasteiger partial charge in [0.1, 0.15) is 12.4 Å². The first-order valence-corrected chi connectivity index (χ1v) is 12.1. The fourth-order valence-corrected chi connectivity index (χ4v) is 4.66. The molecule has 2 heterocycles. The van der Waals surface area contributed by atoms with E-state index < -0.39 is 0 Å². The number of amides is 2. The zero-order chi connectivity index (χ0) is 23.2. The quantitative estimate of drug-likeness (QED) is 0.547. The summed E-state index contributed by atoms with van der Waals surface area (Å²) in [6.07, 6.45) is 6.05. The molecular formula is C27H34N4O2. The van der Waals surface area contributed by atoms with Gasteiger partial charge < -0.3 is 14.8 Å². The molecule has 2 amide bonds. The number of fused-ring (bicyclic) bond motifs is 1. The molecular weight excluding hydrogens is 412 g/mol. The lowest BCUT2D eigenvalue weighted by molar-refractivity contribution is -0.131. The van der Waals surface area contributed by atoms with E-state index >= 15 is 0 Å². The van der Waals surface area contributed by atoms with Crippen molar-refractivity contribution in [3.63, 3.8) is 0 Å². The number of aromatic nitrogens is 2. The zero-order valence-corrected chi connectivity index (χ0v) is 19.8. The summed E-state index contributed by atoms with van der Waals surface area (Å²) in [4.78, 5) is 32.4. The van der Waals surface area contributed by atoms with Gasteiger partial charge >= 0.3 is 0 Å². The Balaban J connectivity index is 1.41. The molecule has 1 aliphatic heterocycles. The minimum absolute atomic E-state index is 0.0441. The van der Waals surface area contributed by atoms with Crippen LogP contribution >= 0.6 is 0 Å². The van der Waals surface area contributed by atoms with Crippen molar-refractivity contribution in [2.24, 2.45) is 0 Å². The molecule has 0 spiro atoms. The summed E-state index contributed by atoms with van der Waals surface area (Å²) in [6.45, 7) is 6.58. The lowest BCUT2D eigenvalue weighted by Crippen LogP contribution is -2.35. The summed E-state index contributed by atoms with van der Waals surface area (Å²) < 4.78 is 2.06. The predicted octanol–water partition coefficient (Wildman–Crippen LogP) is 4.42. The van der Waals surface area contributed by atoms with Crippen LogP contribution < -0.4 is 5.32 Å². The number of aryl methyl sites for hydroxylation is 3. The molecule has 1 aliphatic rings. The van der Waals surface area contributed by atoms with Crippen LogP contribution in [0.15, 0.2) is 42.5 Å². The Morgan fingerprint density at radius 2 is 1.76 bits per heavy atom. The maximum Gasteiger partial charge on any atom is 0.251 e. The van der Waals surface area contributed by atoms with Crippen molar-refractivity contribution in [1.29, 1.82) is 0 Å². The van der Waals surface area contributed by atoms with Gasteiger partial charge in [-0.1, -0.05) is 42.7 Å². The van der Waals surface area contributed by atoms with Crippen LogP contribution in [0.25, 0.3) is 11.0 Å². The van der Waals surface area contributed by atoms with Crippen LogP contribution in [0.4, 0.5) is 0 Å². The molecule has 174 valence electrons. The third kappa shape index (κ3) is 5.62. The molecule has 1 aromatic heterocycles. The van der Waals surface area contributed by atoms with E-state index in [9.17, 15) is 9.59 Å². The maximum absolute atomic E-state index is 13.1. The Labute approximate surface area is 196 Å². The molecule has 0 aliphatic carbocycles. The highest BCUT2D eigenvalue weighted by Gasteiger charge is 2.19. The third-order valence-electron chi connectivity index (χ3n) is 6.48.